The Morgan fingerprint density at radius 2 is 1.76 bits per heavy atom. The van der Waals surface area contributed by atoms with Gasteiger partial charge in [-0.1, -0.05) is 12.1 Å². The molecule has 2 aliphatic heterocycles. The van der Waals surface area contributed by atoms with E-state index in [1.54, 1.807) is 0 Å². The number of rotatable bonds is 2. The van der Waals surface area contributed by atoms with Crippen LogP contribution in [0.4, 0.5) is 21.9 Å². The van der Waals surface area contributed by atoms with Crippen molar-refractivity contribution in [3.63, 3.8) is 0 Å². The Bertz CT molecular complexity index is 843. The molecule has 2 aromatic carbocycles. The van der Waals surface area contributed by atoms with Crippen LogP contribution in [0.15, 0.2) is 36.4 Å². The molecule has 0 aromatic heterocycles. The van der Waals surface area contributed by atoms with Crippen LogP contribution < -0.4 is 15.5 Å². The van der Waals surface area contributed by atoms with Crippen molar-refractivity contribution in [2.24, 2.45) is 0 Å². The lowest BCUT2D eigenvalue weighted by Gasteiger charge is -2.35. The van der Waals surface area contributed by atoms with Crippen LogP contribution in [0.1, 0.15) is 29.5 Å². The molecule has 0 radical (unpaired) electrons. The highest BCUT2D eigenvalue weighted by Gasteiger charge is 2.29. The van der Waals surface area contributed by atoms with Crippen LogP contribution in [0.5, 0.6) is 0 Å². The largest absolute Gasteiger partial charge is 0.323 e. The highest BCUT2D eigenvalue weighted by atomic mass is 16.2. The van der Waals surface area contributed by atoms with Gasteiger partial charge < -0.3 is 15.5 Å². The summed E-state index contributed by atoms with van der Waals surface area (Å²) in [7, 11) is 0. The van der Waals surface area contributed by atoms with Crippen molar-refractivity contribution in [3.05, 3.63) is 53.1 Å². The number of anilines is 3. The maximum atomic E-state index is 12.3. The number of amides is 3. The van der Waals surface area contributed by atoms with E-state index in [0.717, 1.165) is 59.6 Å². The van der Waals surface area contributed by atoms with Gasteiger partial charge in [0, 0.05) is 24.3 Å². The van der Waals surface area contributed by atoms with E-state index in [9.17, 15) is 9.59 Å². The van der Waals surface area contributed by atoms with Gasteiger partial charge in [0.1, 0.15) is 0 Å². The fourth-order valence-electron chi connectivity index (χ4n) is 3.74. The molecule has 0 aliphatic carbocycles. The van der Waals surface area contributed by atoms with Gasteiger partial charge in [-0.05, 0) is 67.1 Å². The third kappa shape index (κ3) is 3.09. The van der Waals surface area contributed by atoms with Gasteiger partial charge in [-0.25, -0.2) is 4.79 Å². The van der Waals surface area contributed by atoms with E-state index in [1.165, 1.54) is 0 Å². The number of nitrogens with zero attached hydrogens (tertiary/aromatic N) is 1. The van der Waals surface area contributed by atoms with Crippen LogP contribution >= 0.6 is 0 Å². The Kier molecular flexibility index (Phi) is 3.92. The fourth-order valence-corrected chi connectivity index (χ4v) is 3.74. The Morgan fingerprint density at radius 1 is 1.00 bits per heavy atom. The van der Waals surface area contributed by atoms with Crippen molar-refractivity contribution in [1.29, 1.82) is 0 Å². The molecule has 2 heterocycles. The highest BCUT2D eigenvalue weighted by molar-refractivity contribution is 6.01. The molecule has 2 N–H and O–H groups in total. The molecule has 5 heteroatoms. The summed E-state index contributed by atoms with van der Waals surface area (Å²) in [6, 6.07) is 11.5. The number of aryl methyl sites for hydroxylation is 3. The summed E-state index contributed by atoms with van der Waals surface area (Å²) in [5.74, 6) is 0.214. The lowest BCUT2D eigenvalue weighted by Crippen LogP contribution is -2.39. The van der Waals surface area contributed by atoms with Gasteiger partial charge in [0.25, 0.3) is 0 Å². The van der Waals surface area contributed by atoms with E-state index < -0.39 is 0 Å². The number of benzene rings is 2. The maximum absolute atomic E-state index is 12.3. The second kappa shape index (κ2) is 6.24. The van der Waals surface area contributed by atoms with Crippen LogP contribution in [0, 0.1) is 6.92 Å². The summed E-state index contributed by atoms with van der Waals surface area (Å²) in [5, 5.41) is 5.80. The van der Waals surface area contributed by atoms with Crippen molar-refractivity contribution < 1.29 is 9.59 Å². The Morgan fingerprint density at radius 3 is 2.56 bits per heavy atom. The van der Waals surface area contributed by atoms with Gasteiger partial charge in [0.2, 0.25) is 5.91 Å². The standard InChI is InChI=1S/C20H21N3O2/c1-13-4-2-6-16(10-13)21-20(25)22-17-11-14-5-3-9-23-18(24)8-7-15(12-17)19(14)23/h2,4,6,10-12H,3,5,7-9H2,1H3,(H2,21,22,25). The maximum Gasteiger partial charge on any atom is 0.323 e. The minimum absolute atomic E-state index is 0.214. The second-order valence-corrected chi connectivity index (χ2v) is 6.74. The van der Waals surface area contributed by atoms with Gasteiger partial charge >= 0.3 is 6.03 Å². The van der Waals surface area contributed by atoms with Gasteiger partial charge in [-0.3, -0.25) is 4.79 Å². The first-order chi connectivity index (χ1) is 12.1. The zero-order chi connectivity index (χ0) is 17.4. The second-order valence-electron chi connectivity index (χ2n) is 6.74. The first-order valence-electron chi connectivity index (χ1n) is 8.71. The molecule has 2 aliphatic rings. The molecule has 0 atom stereocenters. The molecule has 0 spiro atoms. The topological polar surface area (TPSA) is 61.4 Å². The molecule has 0 saturated heterocycles. The Labute approximate surface area is 147 Å². The van der Waals surface area contributed by atoms with Crippen LogP contribution in [0.2, 0.25) is 0 Å². The van der Waals surface area contributed by atoms with Crippen LogP contribution in [-0.2, 0) is 17.6 Å². The lowest BCUT2D eigenvalue weighted by atomic mass is 9.91. The number of hydrogen-bond acceptors (Lipinski definition) is 2. The number of hydrogen-bond donors (Lipinski definition) is 2. The Hall–Kier alpha value is -2.82. The molecule has 128 valence electrons. The van der Waals surface area contributed by atoms with Gasteiger partial charge in [-0.15, -0.1) is 0 Å². The Balaban J connectivity index is 1.56. The molecule has 0 bridgehead atoms. The van der Waals surface area contributed by atoms with Crippen molar-refractivity contribution in [3.8, 4) is 0 Å². The summed E-state index contributed by atoms with van der Waals surface area (Å²) in [5.41, 5.74) is 6.04. The smallest absolute Gasteiger partial charge is 0.312 e. The lowest BCUT2D eigenvalue weighted by molar-refractivity contribution is -0.119. The van der Waals surface area contributed by atoms with Gasteiger partial charge in [0.15, 0.2) is 0 Å². The molecule has 5 nitrogen and oxygen atoms in total. The van der Waals surface area contributed by atoms with E-state index in [1.807, 2.05) is 48.2 Å². The van der Waals surface area contributed by atoms with Crippen molar-refractivity contribution in [2.75, 3.05) is 22.1 Å². The van der Waals surface area contributed by atoms with Gasteiger partial charge in [0.05, 0.1) is 5.69 Å². The number of urea groups is 1. The fraction of sp³-hybridized carbons (Fsp3) is 0.300. The summed E-state index contributed by atoms with van der Waals surface area (Å²) in [6.07, 6.45) is 3.20. The van der Waals surface area contributed by atoms with Gasteiger partial charge in [-0.2, -0.15) is 0 Å². The van der Waals surface area contributed by atoms with Crippen molar-refractivity contribution >= 4 is 29.0 Å². The van der Waals surface area contributed by atoms with Crippen molar-refractivity contribution in [2.45, 2.75) is 32.6 Å². The van der Waals surface area contributed by atoms with E-state index in [4.69, 9.17) is 0 Å². The third-order valence-corrected chi connectivity index (χ3v) is 4.81. The third-order valence-electron chi connectivity index (χ3n) is 4.81. The molecular weight excluding hydrogens is 314 g/mol. The van der Waals surface area contributed by atoms with Crippen LogP contribution in [0.25, 0.3) is 0 Å². The molecule has 3 amide bonds. The minimum Gasteiger partial charge on any atom is -0.312 e. The first-order valence-corrected chi connectivity index (χ1v) is 8.71. The molecule has 25 heavy (non-hydrogen) atoms. The average molecular weight is 335 g/mol. The normalized spacial score (nSPS) is 15.6. The monoisotopic (exact) mass is 335 g/mol. The van der Waals surface area contributed by atoms with Crippen LogP contribution in [-0.4, -0.2) is 18.5 Å². The van der Waals surface area contributed by atoms with Crippen molar-refractivity contribution in [1.82, 2.24) is 0 Å². The predicted molar refractivity (Wildman–Crippen MR) is 99.3 cm³/mol. The highest BCUT2D eigenvalue weighted by Crippen LogP contribution is 2.37. The summed E-state index contributed by atoms with van der Waals surface area (Å²) in [4.78, 5) is 26.3. The number of nitrogens with one attached hydrogen (secondary N) is 2. The van der Waals surface area contributed by atoms with E-state index in [0.29, 0.717) is 6.42 Å². The summed E-state index contributed by atoms with van der Waals surface area (Å²) < 4.78 is 0. The van der Waals surface area contributed by atoms with E-state index >= 15 is 0 Å². The molecule has 4 rings (SSSR count). The zero-order valence-corrected chi connectivity index (χ0v) is 14.3. The molecule has 0 unspecified atom stereocenters. The minimum atomic E-state index is -0.252. The first kappa shape index (κ1) is 15.7. The predicted octanol–water partition coefficient (Wildman–Crippen LogP) is 3.86. The van der Waals surface area contributed by atoms with E-state index in [2.05, 4.69) is 10.6 Å². The molecular formula is C20H21N3O2. The summed E-state index contributed by atoms with van der Waals surface area (Å²) >= 11 is 0. The SMILES string of the molecule is Cc1cccc(NC(=O)Nc2cc3c4c(c2)CCC(=O)N4CCC3)c1. The molecule has 2 aromatic rings. The summed E-state index contributed by atoms with van der Waals surface area (Å²) in [6.45, 7) is 2.80. The molecule has 0 fully saturated rings. The van der Waals surface area contributed by atoms with Crippen LogP contribution in [0.3, 0.4) is 0 Å². The number of carbonyl (C=O) groups is 2. The quantitative estimate of drug-likeness (QED) is 0.875. The average Bonchev–Trinajstić information content (AvgIpc) is 2.58. The zero-order valence-electron chi connectivity index (χ0n) is 14.3. The molecule has 0 saturated carbocycles. The van der Waals surface area contributed by atoms with E-state index in [-0.39, 0.29) is 11.9 Å². The number of carbonyl (C=O) groups excluding carboxylic acids is 2.